The van der Waals surface area contributed by atoms with Gasteiger partial charge in [-0.2, -0.15) is 0 Å². The van der Waals surface area contributed by atoms with Gasteiger partial charge in [0.25, 0.3) is 5.91 Å². The highest BCUT2D eigenvalue weighted by Crippen LogP contribution is 2.22. The number of carbonyl (C=O) groups excluding carboxylic acids is 1. The molecule has 0 spiro atoms. The Morgan fingerprint density at radius 2 is 2.11 bits per heavy atom. The van der Waals surface area contributed by atoms with E-state index in [1.807, 2.05) is 0 Å². The van der Waals surface area contributed by atoms with E-state index in [0.29, 0.717) is 17.3 Å². The van der Waals surface area contributed by atoms with Gasteiger partial charge >= 0.3 is 0 Å². The molecule has 1 saturated heterocycles. The highest BCUT2D eigenvalue weighted by Gasteiger charge is 2.17. The Hall–Kier alpha value is -1.75. The summed E-state index contributed by atoms with van der Waals surface area (Å²) in [6.45, 7) is 1.52. The number of benzene rings is 1. The van der Waals surface area contributed by atoms with Crippen LogP contribution >= 0.6 is 0 Å². The minimum atomic E-state index is -0.107. The number of carbonyl (C=O) groups is 1. The standard InChI is InChI=1S/C13H19N3O2/c1-15-13(17)11-3-2-9(14)8-12(11)16-10-4-6-18-7-5-10/h2-3,8,10,16H,4-7,14H2,1H3,(H,15,17). The molecule has 1 heterocycles. The van der Waals surface area contributed by atoms with Crippen LogP contribution < -0.4 is 16.4 Å². The first-order valence-corrected chi connectivity index (χ1v) is 6.16. The average Bonchev–Trinajstić information content (AvgIpc) is 2.39. The molecule has 1 aromatic carbocycles. The summed E-state index contributed by atoms with van der Waals surface area (Å²) in [5.41, 5.74) is 7.84. The van der Waals surface area contributed by atoms with Gasteiger partial charge in [-0.25, -0.2) is 0 Å². The van der Waals surface area contributed by atoms with Gasteiger partial charge in [0, 0.05) is 37.7 Å². The topological polar surface area (TPSA) is 76.4 Å². The Morgan fingerprint density at radius 1 is 1.39 bits per heavy atom. The van der Waals surface area contributed by atoms with Crippen molar-refractivity contribution in [1.29, 1.82) is 0 Å². The maximum atomic E-state index is 11.8. The summed E-state index contributed by atoms with van der Waals surface area (Å²) >= 11 is 0. The van der Waals surface area contributed by atoms with E-state index in [0.717, 1.165) is 31.7 Å². The smallest absolute Gasteiger partial charge is 0.253 e. The third-order valence-corrected chi connectivity index (χ3v) is 3.10. The van der Waals surface area contributed by atoms with Crippen LogP contribution in [0.4, 0.5) is 11.4 Å². The molecule has 0 aliphatic carbocycles. The molecule has 4 N–H and O–H groups in total. The van der Waals surface area contributed by atoms with Crippen molar-refractivity contribution in [3.63, 3.8) is 0 Å². The molecule has 2 rings (SSSR count). The van der Waals surface area contributed by atoms with E-state index < -0.39 is 0 Å². The number of amides is 1. The lowest BCUT2D eigenvalue weighted by Crippen LogP contribution is -2.29. The molecule has 1 amide bonds. The summed E-state index contributed by atoms with van der Waals surface area (Å²) in [6, 6.07) is 5.62. The zero-order valence-corrected chi connectivity index (χ0v) is 10.5. The van der Waals surface area contributed by atoms with Gasteiger partial charge in [-0.3, -0.25) is 4.79 Å². The summed E-state index contributed by atoms with van der Waals surface area (Å²) in [4.78, 5) is 11.8. The van der Waals surface area contributed by atoms with Gasteiger partial charge in [0.05, 0.1) is 5.56 Å². The van der Waals surface area contributed by atoms with E-state index in [4.69, 9.17) is 10.5 Å². The zero-order chi connectivity index (χ0) is 13.0. The molecule has 5 heteroatoms. The number of nitrogens with two attached hydrogens (primary N) is 1. The monoisotopic (exact) mass is 249 g/mol. The SMILES string of the molecule is CNC(=O)c1ccc(N)cc1NC1CCOCC1. The maximum Gasteiger partial charge on any atom is 0.253 e. The fourth-order valence-corrected chi connectivity index (χ4v) is 2.08. The molecule has 1 aromatic rings. The molecule has 1 fully saturated rings. The predicted molar refractivity (Wildman–Crippen MR) is 71.7 cm³/mol. The second kappa shape index (κ2) is 5.73. The number of anilines is 2. The van der Waals surface area contributed by atoms with Crippen molar-refractivity contribution in [2.75, 3.05) is 31.3 Å². The van der Waals surface area contributed by atoms with Crippen LogP contribution in [0.5, 0.6) is 0 Å². The first-order valence-electron chi connectivity index (χ1n) is 6.16. The Bertz CT molecular complexity index is 428. The van der Waals surface area contributed by atoms with Crippen molar-refractivity contribution in [3.8, 4) is 0 Å². The minimum absolute atomic E-state index is 0.107. The van der Waals surface area contributed by atoms with Gasteiger partial charge in [0.15, 0.2) is 0 Å². The molecular formula is C13H19N3O2. The van der Waals surface area contributed by atoms with Crippen molar-refractivity contribution >= 4 is 17.3 Å². The van der Waals surface area contributed by atoms with E-state index in [9.17, 15) is 4.79 Å². The van der Waals surface area contributed by atoms with Crippen molar-refractivity contribution in [2.45, 2.75) is 18.9 Å². The zero-order valence-electron chi connectivity index (χ0n) is 10.5. The summed E-state index contributed by atoms with van der Waals surface area (Å²) < 4.78 is 5.32. The lowest BCUT2D eigenvalue weighted by molar-refractivity contribution is 0.0904. The predicted octanol–water partition coefficient (Wildman–Crippen LogP) is 1.22. The lowest BCUT2D eigenvalue weighted by atomic mass is 10.1. The molecule has 0 aromatic heterocycles. The normalized spacial score (nSPS) is 16.3. The molecule has 1 aliphatic rings. The number of ether oxygens (including phenoxy) is 1. The molecule has 1 aliphatic heterocycles. The van der Waals surface area contributed by atoms with Crippen LogP contribution in [0.15, 0.2) is 18.2 Å². The fourth-order valence-electron chi connectivity index (χ4n) is 2.08. The van der Waals surface area contributed by atoms with Gasteiger partial charge in [0.2, 0.25) is 0 Å². The summed E-state index contributed by atoms with van der Waals surface area (Å²) in [5, 5.41) is 6.02. The van der Waals surface area contributed by atoms with Crippen molar-refractivity contribution in [2.24, 2.45) is 0 Å². The minimum Gasteiger partial charge on any atom is -0.399 e. The van der Waals surface area contributed by atoms with Crippen LogP contribution in [0.3, 0.4) is 0 Å². The third kappa shape index (κ3) is 2.92. The van der Waals surface area contributed by atoms with E-state index in [2.05, 4.69) is 10.6 Å². The van der Waals surface area contributed by atoms with Crippen molar-refractivity contribution in [1.82, 2.24) is 5.32 Å². The number of nitrogen functional groups attached to an aromatic ring is 1. The Morgan fingerprint density at radius 3 is 2.78 bits per heavy atom. The quantitative estimate of drug-likeness (QED) is 0.704. The van der Waals surface area contributed by atoms with Crippen LogP contribution in [0.25, 0.3) is 0 Å². The van der Waals surface area contributed by atoms with E-state index in [1.165, 1.54) is 0 Å². The third-order valence-electron chi connectivity index (χ3n) is 3.10. The van der Waals surface area contributed by atoms with Crippen molar-refractivity contribution in [3.05, 3.63) is 23.8 Å². The van der Waals surface area contributed by atoms with Crippen LogP contribution in [0, 0.1) is 0 Å². The first kappa shape index (κ1) is 12.7. The van der Waals surface area contributed by atoms with E-state index in [1.54, 1.807) is 25.2 Å². The Kier molecular flexibility index (Phi) is 4.04. The number of hydrogen-bond acceptors (Lipinski definition) is 4. The molecule has 0 saturated carbocycles. The van der Waals surface area contributed by atoms with Gasteiger partial charge in [-0.15, -0.1) is 0 Å². The molecule has 18 heavy (non-hydrogen) atoms. The van der Waals surface area contributed by atoms with Gasteiger partial charge in [0.1, 0.15) is 0 Å². The molecule has 0 radical (unpaired) electrons. The molecule has 5 nitrogen and oxygen atoms in total. The molecule has 0 bridgehead atoms. The highest BCUT2D eigenvalue weighted by molar-refractivity contribution is 6.00. The second-order valence-corrected chi connectivity index (χ2v) is 4.42. The van der Waals surface area contributed by atoms with Gasteiger partial charge < -0.3 is 21.1 Å². The van der Waals surface area contributed by atoms with E-state index >= 15 is 0 Å². The second-order valence-electron chi connectivity index (χ2n) is 4.42. The Labute approximate surface area is 107 Å². The molecule has 98 valence electrons. The largest absolute Gasteiger partial charge is 0.399 e. The summed E-state index contributed by atoms with van der Waals surface area (Å²) in [5.74, 6) is -0.107. The number of hydrogen-bond donors (Lipinski definition) is 3. The van der Waals surface area contributed by atoms with Crippen molar-refractivity contribution < 1.29 is 9.53 Å². The fraction of sp³-hybridized carbons (Fsp3) is 0.462. The number of rotatable bonds is 3. The number of nitrogens with one attached hydrogen (secondary N) is 2. The Balaban J connectivity index is 2.18. The molecular weight excluding hydrogens is 230 g/mol. The van der Waals surface area contributed by atoms with Crippen LogP contribution in [-0.4, -0.2) is 32.2 Å². The van der Waals surface area contributed by atoms with E-state index in [-0.39, 0.29) is 5.91 Å². The summed E-state index contributed by atoms with van der Waals surface area (Å²) in [7, 11) is 1.62. The van der Waals surface area contributed by atoms with Gasteiger partial charge in [-0.1, -0.05) is 0 Å². The van der Waals surface area contributed by atoms with Gasteiger partial charge in [-0.05, 0) is 31.0 Å². The summed E-state index contributed by atoms with van der Waals surface area (Å²) in [6.07, 6.45) is 1.89. The highest BCUT2D eigenvalue weighted by atomic mass is 16.5. The average molecular weight is 249 g/mol. The lowest BCUT2D eigenvalue weighted by Gasteiger charge is -2.25. The first-order chi connectivity index (χ1) is 8.70. The molecule has 0 atom stereocenters. The molecule has 0 unspecified atom stereocenters. The van der Waals surface area contributed by atoms with Crippen LogP contribution in [-0.2, 0) is 4.74 Å². The van der Waals surface area contributed by atoms with Crippen LogP contribution in [0.1, 0.15) is 23.2 Å². The van der Waals surface area contributed by atoms with Crippen LogP contribution in [0.2, 0.25) is 0 Å². The maximum absolute atomic E-state index is 11.8.